The third-order valence-electron chi connectivity index (χ3n) is 6.19. The Balaban J connectivity index is 2.11. The van der Waals surface area contributed by atoms with Crippen molar-refractivity contribution < 1.29 is 38.7 Å². The number of alkyl halides is 2. The van der Waals surface area contributed by atoms with Gasteiger partial charge in [-0.15, -0.1) is 11.8 Å². The Labute approximate surface area is 186 Å². The molecule has 2 aliphatic heterocycles. The van der Waals surface area contributed by atoms with Gasteiger partial charge >= 0.3 is 0 Å². The van der Waals surface area contributed by atoms with Gasteiger partial charge in [0.05, 0.1) is 18.7 Å². The maximum atomic E-state index is 13.1. The van der Waals surface area contributed by atoms with Crippen LogP contribution in [0.1, 0.15) is 33.1 Å². The summed E-state index contributed by atoms with van der Waals surface area (Å²) in [6.45, 7) is 4.26. The number of aliphatic hydroxyl groups is 4. The fourth-order valence-electron chi connectivity index (χ4n) is 4.47. The molecular weight excluding hydrogens is 434 g/mol. The number of amides is 1. The average molecular weight is 471 g/mol. The lowest BCUT2D eigenvalue weighted by atomic mass is 9.88. The first-order valence-electron chi connectivity index (χ1n) is 10.8. The molecule has 0 bridgehead atoms. The Morgan fingerprint density at radius 1 is 1.23 bits per heavy atom. The second kappa shape index (κ2) is 12.1. The molecule has 0 aromatic heterocycles. The summed E-state index contributed by atoms with van der Waals surface area (Å²) >= 11 is 1.20. The molecule has 0 aromatic rings. The van der Waals surface area contributed by atoms with Crippen LogP contribution in [0.15, 0.2) is 0 Å². The normalized spacial score (nSPS) is 35.6. The molecule has 11 heteroatoms. The van der Waals surface area contributed by atoms with Gasteiger partial charge < -0.3 is 30.5 Å². The number of halogens is 2. The minimum atomic E-state index is -2.39. The Kier molecular flexibility index (Phi) is 10.4. The summed E-state index contributed by atoms with van der Waals surface area (Å²) in [7, 11) is 0. The summed E-state index contributed by atoms with van der Waals surface area (Å²) in [6, 6.07) is -1.22. The van der Waals surface area contributed by atoms with Gasteiger partial charge in [-0.2, -0.15) is 0 Å². The highest BCUT2D eigenvalue weighted by atomic mass is 32.2. The first kappa shape index (κ1) is 26.7. The van der Waals surface area contributed by atoms with Crippen LogP contribution in [0.5, 0.6) is 0 Å². The number of carbonyl (C=O) groups is 1. The highest BCUT2D eigenvalue weighted by molar-refractivity contribution is 7.99. The Bertz CT molecular complexity index is 574. The van der Waals surface area contributed by atoms with E-state index in [1.807, 2.05) is 13.8 Å². The van der Waals surface area contributed by atoms with Gasteiger partial charge in [-0.1, -0.05) is 13.8 Å². The van der Waals surface area contributed by atoms with Crippen LogP contribution < -0.4 is 5.32 Å². The first-order valence-corrected chi connectivity index (χ1v) is 12.0. The molecule has 2 saturated heterocycles. The fourth-order valence-corrected chi connectivity index (χ4v) is 5.15. The number of likely N-dealkylation sites (tertiary alicyclic amines) is 1. The van der Waals surface area contributed by atoms with Gasteiger partial charge in [0.2, 0.25) is 12.3 Å². The van der Waals surface area contributed by atoms with E-state index in [4.69, 9.17) is 4.74 Å². The number of ether oxygens (including phenoxy) is 1. The van der Waals surface area contributed by atoms with Crippen molar-refractivity contribution in [3.63, 3.8) is 0 Å². The molecular formula is C20H36F2N2O6S. The van der Waals surface area contributed by atoms with Gasteiger partial charge in [0.15, 0.2) is 0 Å². The van der Waals surface area contributed by atoms with Crippen LogP contribution in [0.2, 0.25) is 0 Å². The molecule has 8 unspecified atom stereocenters. The number of nitrogens with one attached hydrogen (secondary N) is 1. The number of β-amino-alcohol motifs (C(OH)–C–C–N with tert-alkyl or cyclic N) is 1. The second-order valence-electron chi connectivity index (χ2n) is 8.76. The van der Waals surface area contributed by atoms with E-state index < -0.39 is 48.4 Å². The zero-order valence-corrected chi connectivity index (χ0v) is 19.0. The van der Waals surface area contributed by atoms with Crippen LogP contribution in [0, 0.1) is 11.8 Å². The summed E-state index contributed by atoms with van der Waals surface area (Å²) in [5, 5.41) is 43.1. The molecule has 31 heavy (non-hydrogen) atoms. The van der Waals surface area contributed by atoms with Gasteiger partial charge in [0.25, 0.3) is 0 Å². The van der Waals surface area contributed by atoms with Gasteiger partial charge in [0, 0.05) is 19.5 Å². The van der Waals surface area contributed by atoms with Gasteiger partial charge in [-0.25, -0.2) is 8.78 Å². The van der Waals surface area contributed by atoms with Crippen LogP contribution >= 0.6 is 11.8 Å². The van der Waals surface area contributed by atoms with Crippen LogP contribution in [0.4, 0.5) is 8.78 Å². The van der Waals surface area contributed by atoms with Crippen molar-refractivity contribution in [3.05, 3.63) is 0 Å². The molecule has 0 saturated carbocycles. The topological polar surface area (TPSA) is 122 Å². The molecule has 8 atom stereocenters. The average Bonchev–Trinajstić information content (AvgIpc) is 3.12. The number of aliphatic hydroxyl groups excluding tert-OH is 4. The van der Waals surface area contributed by atoms with E-state index in [1.165, 1.54) is 11.8 Å². The van der Waals surface area contributed by atoms with E-state index in [2.05, 4.69) is 5.32 Å². The van der Waals surface area contributed by atoms with E-state index in [0.29, 0.717) is 19.4 Å². The largest absolute Gasteiger partial charge is 0.395 e. The van der Waals surface area contributed by atoms with Crippen molar-refractivity contribution in [3.8, 4) is 0 Å². The van der Waals surface area contributed by atoms with E-state index in [-0.39, 0.29) is 37.3 Å². The molecule has 182 valence electrons. The number of hydrogen-bond acceptors (Lipinski definition) is 8. The maximum absolute atomic E-state index is 13.1. The van der Waals surface area contributed by atoms with E-state index >= 15 is 0 Å². The first-order chi connectivity index (χ1) is 14.6. The molecule has 0 aliphatic carbocycles. The summed E-state index contributed by atoms with van der Waals surface area (Å²) in [6.07, 6.45) is -5.17. The number of nitrogens with zero attached hydrogens (tertiary/aromatic N) is 1. The quantitative estimate of drug-likeness (QED) is 0.303. The molecule has 5 N–H and O–H groups in total. The van der Waals surface area contributed by atoms with Crippen molar-refractivity contribution >= 4 is 17.7 Å². The summed E-state index contributed by atoms with van der Waals surface area (Å²) in [4.78, 5) is 14.9. The summed E-state index contributed by atoms with van der Waals surface area (Å²) < 4.78 is 31.0. The third kappa shape index (κ3) is 6.72. The predicted molar refractivity (Wildman–Crippen MR) is 113 cm³/mol. The van der Waals surface area contributed by atoms with Crippen LogP contribution in [-0.4, -0.2) is 106 Å². The molecule has 0 radical (unpaired) electrons. The molecule has 2 fully saturated rings. The maximum Gasteiger partial charge on any atom is 0.238 e. The molecule has 2 aliphatic rings. The minimum Gasteiger partial charge on any atom is -0.395 e. The molecule has 0 spiro atoms. The molecule has 2 heterocycles. The summed E-state index contributed by atoms with van der Waals surface area (Å²) in [5.41, 5.74) is -0.752. The highest BCUT2D eigenvalue weighted by Gasteiger charge is 2.48. The summed E-state index contributed by atoms with van der Waals surface area (Å²) in [5.74, 6) is -0.553. The number of hydrogen-bond donors (Lipinski definition) is 5. The molecule has 0 aromatic carbocycles. The Hall–Kier alpha value is -0.560. The van der Waals surface area contributed by atoms with Gasteiger partial charge in [0.1, 0.15) is 29.9 Å². The lowest BCUT2D eigenvalue weighted by Gasteiger charge is -2.44. The standard InChI is InChI=1S/C20H36F2N2O6S/c1-10(2)14(18-16(27)15(26)17(28)20(30-18)31-3)23-19(29)12-8-11(4-5-13(21)22)9-24(12)6-7-25/h10-18,20,25-28H,4-9H2,1-3H3,(H,23,29). The third-order valence-corrected chi connectivity index (χ3v) is 7.05. The lowest BCUT2D eigenvalue weighted by Crippen LogP contribution is -2.64. The minimum absolute atomic E-state index is 0.0665. The Morgan fingerprint density at radius 3 is 2.45 bits per heavy atom. The van der Waals surface area contributed by atoms with Crippen molar-refractivity contribution in [2.24, 2.45) is 11.8 Å². The van der Waals surface area contributed by atoms with Crippen molar-refractivity contribution in [2.75, 3.05) is 26.0 Å². The number of carbonyl (C=O) groups excluding carboxylic acids is 1. The van der Waals surface area contributed by atoms with Crippen LogP contribution in [-0.2, 0) is 9.53 Å². The van der Waals surface area contributed by atoms with Gasteiger partial charge in [-0.3, -0.25) is 9.69 Å². The molecule has 8 nitrogen and oxygen atoms in total. The highest BCUT2D eigenvalue weighted by Crippen LogP contribution is 2.32. The number of thioether (sulfide) groups is 1. The molecule has 1 amide bonds. The lowest BCUT2D eigenvalue weighted by molar-refractivity contribution is -0.208. The second-order valence-corrected chi connectivity index (χ2v) is 9.70. The van der Waals surface area contributed by atoms with E-state index in [9.17, 15) is 34.0 Å². The van der Waals surface area contributed by atoms with Crippen molar-refractivity contribution in [1.82, 2.24) is 10.2 Å². The SMILES string of the molecule is CSC1OC(C(NC(=O)C2CC(CCC(F)F)CN2CCO)C(C)C)C(O)C(O)C1O. The zero-order valence-electron chi connectivity index (χ0n) is 18.2. The zero-order chi connectivity index (χ0) is 23.3. The van der Waals surface area contributed by atoms with Crippen LogP contribution in [0.3, 0.4) is 0 Å². The van der Waals surface area contributed by atoms with E-state index in [1.54, 1.807) is 11.2 Å². The smallest absolute Gasteiger partial charge is 0.238 e. The van der Waals surface area contributed by atoms with Crippen LogP contribution in [0.25, 0.3) is 0 Å². The number of rotatable bonds is 10. The fraction of sp³-hybridized carbons (Fsp3) is 0.950. The van der Waals surface area contributed by atoms with Crippen molar-refractivity contribution in [1.29, 1.82) is 0 Å². The Morgan fingerprint density at radius 2 is 1.90 bits per heavy atom. The molecule has 2 rings (SSSR count). The van der Waals surface area contributed by atoms with Crippen molar-refractivity contribution in [2.45, 2.75) is 81.5 Å². The van der Waals surface area contributed by atoms with E-state index in [0.717, 1.165) is 0 Å². The monoisotopic (exact) mass is 470 g/mol. The van der Waals surface area contributed by atoms with Gasteiger partial charge in [-0.05, 0) is 30.9 Å². The predicted octanol–water partition coefficient (Wildman–Crippen LogP) is 0.0259.